The van der Waals surface area contributed by atoms with E-state index in [0.29, 0.717) is 55.2 Å². The summed E-state index contributed by atoms with van der Waals surface area (Å²) in [6.45, 7) is 5.36. The maximum atomic E-state index is 13.8. The van der Waals surface area contributed by atoms with Gasteiger partial charge in [0, 0.05) is 128 Å². The number of aromatic nitrogens is 4. The minimum Gasteiger partial charge on any atom is -0.488 e. The van der Waals surface area contributed by atoms with Crippen LogP contribution in [0.15, 0.2) is 73.2 Å². The first-order valence-corrected chi connectivity index (χ1v) is 36.6. The van der Waals surface area contributed by atoms with Crippen LogP contribution in [0.1, 0.15) is 58.3 Å². The lowest BCUT2D eigenvalue weighted by Crippen LogP contribution is -2.56. The first kappa shape index (κ1) is 78.8. The van der Waals surface area contributed by atoms with Gasteiger partial charge in [-0.25, -0.2) is 0 Å². The lowest BCUT2D eigenvalue weighted by Gasteiger charge is -2.36. The van der Waals surface area contributed by atoms with Crippen LogP contribution in [0, 0.1) is 25.2 Å². The third-order valence-electron chi connectivity index (χ3n) is 16.5. The van der Waals surface area contributed by atoms with Crippen LogP contribution >= 0.6 is 11.6 Å². The molecule has 0 saturated carbocycles. The predicted molar refractivity (Wildman–Crippen MR) is 358 cm³/mol. The van der Waals surface area contributed by atoms with Gasteiger partial charge in [0.15, 0.2) is 0 Å². The third-order valence-corrected chi connectivity index (χ3v) is 19.0. The van der Waals surface area contributed by atoms with Crippen LogP contribution in [-0.4, -0.2) is 261 Å². The molecule has 2 saturated heterocycles. The van der Waals surface area contributed by atoms with E-state index in [2.05, 4.69) is 36.1 Å². The lowest BCUT2D eigenvalue weighted by atomic mass is 9.93. The van der Waals surface area contributed by atoms with E-state index >= 15 is 0 Å². The van der Waals surface area contributed by atoms with E-state index in [1.54, 1.807) is 26.7 Å². The molecule has 5 aromatic rings. The van der Waals surface area contributed by atoms with E-state index in [4.69, 9.17) is 30.4 Å². The van der Waals surface area contributed by atoms with Gasteiger partial charge >= 0.3 is 17.9 Å². The van der Waals surface area contributed by atoms with Crippen molar-refractivity contribution in [1.82, 2.24) is 60.4 Å². The second-order valence-electron chi connectivity index (χ2n) is 23.9. The van der Waals surface area contributed by atoms with E-state index in [-0.39, 0.29) is 120 Å². The van der Waals surface area contributed by atoms with E-state index in [1.807, 2.05) is 56.3 Å². The van der Waals surface area contributed by atoms with Gasteiger partial charge in [-0.1, -0.05) is 47.1 Å². The van der Waals surface area contributed by atoms with Gasteiger partial charge < -0.3 is 50.4 Å². The molecule has 3 amide bonds. The Morgan fingerprint density at radius 2 is 1.29 bits per heavy atom. The first-order valence-electron chi connectivity index (χ1n) is 31.4. The highest BCUT2D eigenvalue weighted by atomic mass is 35.5. The summed E-state index contributed by atoms with van der Waals surface area (Å²) >= 11 is 6.81. The van der Waals surface area contributed by atoms with Crippen LogP contribution in [-0.2, 0) is 92.0 Å². The zero-order valence-electron chi connectivity index (χ0n) is 54.7. The molecule has 4 heterocycles. The summed E-state index contributed by atoms with van der Waals surface area (Å²) in [6, 6.07) is 13.3. The molecule has 38 heteroatoms. The number of nitrogens with zero attached hydrogens (tertiary/aromatic N) is 10. The van der Waals surface area contributed by atoms with Crippen molar-refractivity contribution in [2.45, 2.75) is 84.1 Å². The van der Waals surface area contributed by atoms with Gasteiger partial charge in [-0.05, 0) is 72.7 Å². The Balaban J connectivity index is 0.909. The minimum absolute atomic E-state index is 0.0200. The molecule has 7 rings (SSSR count). The van der Waals surface area contributed by atoms with Crippen molar-refractivity contribution >= 4 is 77.6 Å². The Morgan fingerprint density at radius 1 is 0.680 bits per heavy atom. The molecule has 0 unspecified atom stereocenters. The second-order valence-corrected chi connectivity index (χ2v) is 28.8. The van der Waals surface area contributed by atoms with Crippen molar-refractivity contribution in [2.24, 2.45) is 0 Å². The van der Waals surface area contributed by atoms with Crippen LogP contribution in [0.3, 0.4) is 0 Å². The zero-order chi connectivity index (χ0) is 72.9. The topological polar surface area (TPSA) is 474 Å². The Labute approximate surface area is 582 Å². The number of nitriles is 1. The third kappa shape index (κ3) is 25.6. The molecule has 2 aromatic heterocycles. The number of carboxylic acids is 3. The number of aliphatic carboxylic acids is 3. The molecule has 3 aromatic carbocycles. The number of piperazine rings is 1. The fourth-order valence-electron chi connectivity index (χ4n) is 11.3. The molecule has 0 spiro atoms. The largest absolute Gasteiger partial charge is 0.488 e. The molecule has 9 N–H and O–H groups in total. The lowest BCUT2D eigenvalue weighted by molar-refractivity contribution is -0.145. The molecule has 100 heavy (non-hydrogen) atoms. The summed E-state index contributed by atoms with van der Waals surface area (Å²) in [6.07, 6.45) is 4.49. The standard InChI is InChI=1S/C62H80ClN13O21S3/c1-41-45(37-96-56-28-55(95-36-44-26-43(29-64)30-65-31-44)46(27-50(56)63)32-67-51(39-99(89,90)91)60(82)66-12-25-98(86,87)88)6-3-7-48(41)49-8-4-9-54(42(49)2)97-38-47-33-76(70-69-47)14-5-13-71-17-23-75(24-18-71)61(83)52(40-100(92,93)94)68-57(77)11-10-53(62(84)85)74-21-19-72(34-58(78)79)15-16-73(20-22-74)35-59(80)81/h3-4,6-9,26-28,30-31,33,51-53,67H,5,10-25,32,34-40H2,1-2H3,(H,66,82)(H,68,77)(H,78,79)(H,80,81)(H,84,85)(H,86,87,88)(H,89,90,91)(H,92,93,94)/t51-,52+,53+/m1/s1. The molecule has 0 bridgehead atoms. The number of nitrogens with one attached hydrogen (secondary N) is 3. The number of halogens is 1. The number of carboxylic acid groups (broad SMARTS) is 3. The number of pyridine rings is 1. The highest BCUT2D eigenvalue weighted by Crippen LogP contribution is 2.37. The summed E-state index contributed by atoms with van der Waals surface area (Å²) < 4.78 is 120. The number of hydrogen-bond acceptors (Lipinski definition) is 24. The van der Waals surface area contributed by atoms with E-state index in [1.165, 1.54) is 34.3 Å². The van der Waals surface area contributed by atoms with Gasteiger partial charge in [0.25, 0.3) is 30.4 Å². The molecule has 0 radical (unpaired) electrons. The Bertz CT molecular complexity index is 4090. The summed E-state index contributed by atoms with van der Waals surface area (Å²) in [5.41, 5.74) is 5.88. The van der Waals surface area contributed by atoms with Crippen LogP contribution in [0.4, 0.5) is 0 Å². The molecular weight excluding hydrogens is 1390 g/mol. The second kappa shape index (κ2) is 36.7. The van der Waals surface area contributed by atoms with Crippen molar-refractivity contribution in [3.63, 3.8) is 0 Å². The number of ether oxygens (including phenoxy) is 3. The first-order chi connectivity index (χ1) is 47.3. The molecule has 2 fully saturated rings. The number of carbonyl (C=O) groups excluding carboxylic acids is 3. The number of aryl methyl sites for hydroxylation is 1. The van der Waals surface area contributed by atoms with Gasteiger partial charge in [0.2, 0.25) is 17.7 Å². The molecular formula is C62H80ClN13O21S3. The zero-order valence-corrected chi connectivity index (χ0v) is 57.9. The normalized spacial score (nSPS) is 15.6. The monoisotopic (exact) mass is 1470 g/mol. The maximum Gasteiger partial charge on any atom is 0.320 e. The SMILES string of the molecule is Cc1c(COc2cc(OCc3cncc(C#N)c3)c(CN[C@H](CS(=O)(=O)O)C(=O)NCCS(=O)(=O)O)cc2Cl)cccc1-c1cccc(OCc2cn(CCCN3CCN(C(=O)[C@H](CS(=O)(=O)O)NC(=O)CC[C@@H](C(=O)O)N4CCN(CC(=O)O)CCN(CC(=O)O)CC4)CC3)nn2)c1C. The predicted octanol–water partition coefficient (Wildman–Crippen LogP) is 0.798. The van der Waals surface area contributed by atoms with Gasteiger partial charge in [-0.3, -0.25) is 71.7 Å². The van der Waals surface area contributed by atoms with Crippen molar-refractivity contribution in [3.05, 3.63) is 117 Å². The van der Waals surface area contributed by atoms with Gasteiger partial charge in [0.1, 0.15) is 72.7 Å². The van der Waals surface area contributed by atoms with Crippen LogP contribution in [0.5, 0.6) is 17.2 Å². The Kier molecular flexibility index (Phi) is 28.9. The molecule has 544 valence electrons. The minimum atomic E-state index is -4.80. The smallest absolute Gasteiger partial charge is 0.320 e. The Hall–Kier alpha value is -8.52. The van der Waals surface area contributed by atoms with Crippen molar-refractivity contribution in [3.8, 4) is 34.4 Å². The van der Waals surface area contributed by atoms with Gasteiger partial charge in [-0.15, -0.1) is 5.10 Å². The highest BCUT2D eigenvalue weighted by Gasteiger charge is 2.34. The van der Waals surface area contributed by atoms with Crippen LogP contribution in [0.25, 0.3) is 11.1 Å². The number of carbonyl (C=O) groups is 6. The van der Waals surface area contributed by atoms with E-state index in [0.717, 1.165) is 27.8 Å². The summed E-state index contributed by atoms with van der Waals surface area (Å²) in [5.74, 6) is -8.30. The molecule has 2 aliphatic heterocycles. The van der Waals surface area contributed by atoms with Crippen molar-refractivity contribution < 1.29 is 97.2 Å². The number of amides is 3. The van der Waals surface area contributed by atoms with Crippen molar-refractivity contribution in [1.29, 1.82) is 5.26 Å². The fourth-order valence-corrected chi connectivity index (χ4v) is 13.2. The fraction of sp³-hybridized carbons (Fsp3) is 0.484. The van der Waals surface area contributed by atoms with Crippen LogP contribution in [0.2, 0.25) is 5.02 Å². The molecule has 34 nitrogen and oxygen atoms in total. The summed E-state index contributed by atoms with van der Waals surface area (Å²) in [5, 5.41) is 54.5. The van der Waals surface area contributed by atoms with Crippen LogP contribution < -0.4 is 30.2 Å². The summed E-state index contributed by atoms with van der Waals surface area (Å²) in [4.78, 5) is 87.9. The van der Waals surface area contributed by atoms with Gasteiger partial charge in [-0.2, -0.15) is 30.5 Å². The van der Waals surface area contributed by atoms with Gasteiger partial charge in [0.05, 0.1) is 41.4 Å². The Morgan fingerprint density at radius 3 is 1.92 bits per heavy atom. The maximum absolute atomic E-state index is 13.8. The molecule has 3 atom stereocenters. The average Bonchev–Trinajstić information content (AvgIpc) is 0.887. The molecule has 0 aliphatic carbocycles. The van der Waals surface area contributed by atoms with E-state index < -0.39 is 114 Å². The van der Waals surface area contributed by atoms with Crippen molar-refractivity contribution in [2.75, 3.05) is 109 Å². The number of rotatable bonds is 36. The molecule has 2 aliphatic rings. The number of hydrogen-bond donors (Lipinski definition) is 9. The summed E-state index contributed by atoms with van der Waals surface area (Å²) in [7, 11) is -14.0. The highest BCUT2D eigenvalue weighted by molar-refractivity contribution is 7.86. The van der Waals surface area contributed by atoms with E-state index in [9.17, 15) is 83.7 Å². The quantitative estimate of drug-likeness (QED) is 0.0250. The average molecular weight is 1480 g/mol. The number of benzene rings is 3.